The molecule has 0 bridgehead atoms. The highest BCUT2D eigenvalue weighted by Gasteiger charge is 2.26. The average Bonchev–Trinajstić information content (AvgIpc) is 2.98. The molecular weight excluding hydrogens is 412 g/mol. The number of halogens is 1. The zero-order valence-electron chi connectivity index (χ0n) is 17.4. The summed E-state index contributed by atoms with van der Waals surface area (Å²) < 4.78 is 12.0. The molecule has 3 aromatic rings. The molecule has 0 radical (unpaired) electrons. The van der Waals surface area contributed by atoms with Crippen molar-refractivity contribution in [3.8, 4) is 11.5 Å². The predicted octanol–water partition coefficient (Wildman–Crippen LogP) is 4.71. The van der Waals surface area contributed by atoms with E-state index in [1.165, 1.54) is 0 Å². The van der Waals surface area contributed by atoms with Crippen LogP contribution in [-0.4, -0.2) is 37.6 Å². The van der Waals surface area contributed by atoms with Gasteiger partial charge in [0, 0.05) is 37.3 Å². The summed E-state index contributed by atoms with van der Waals surface area (Å²) >= 11 is 6.14. The van der Waals surface area contributed by atoms with Crippen molar-refractivity contribution in [2.24, 2.45) is 0 Å². The lowest BCUT2D eigenvalue weighted by Crippen LogP contribution is -2.36. The van der Waals surface area contributed by atoms with Crippen molar-refractivity contribution >= 4 is 17.5 Å². The summed E-state index contributed by atoms with van der Waals surface area (Å²) in [6.45, 7) is 2.60. The Bertz CT molecular complexity index is 1060. The third-order valence-corrected chi connectivity index (χ3v) is 5.71. The molecule has 1 amide bonds. The van der Waals surface area contributed by atoms with Crippen molar-refractivity contribution in [1.82, 2.24) is 10.2 Å². The average molecular weight is 437 g/mol. The van der Waals surface area contributed by atoms with Gasteiger partial charge >= 0.3 is 0 Å². The number of hydrogen-bond acceptors (Lipinski definition) is 4. The predicted molar refractivity (Wildman–Crippen MR) is 122 cm³/mol. The van der Waals surface area contributed by atoms with Crippen molar-refractivity contribution in [1.29, 1.82) is 0 Å². The van der Waals surface area contributed by atoms with Crippen molar-refractivity contribution in [3.63, 3.8) is 0 Å². The van der Waals surface area contributed by atoms with E-state index in [2.05, 4.69) is 16.3 Å². The Morgan fingerprint density at radius 3 is 2.68 bits per heavy atom. The third-order valence-electron chi connectivity index (χ3n) is 5.38. The number of ether oxygens (including phenoxy) is 2. The Kier molecular flexibility index (Phi) is 6.75. The lowest BCUT2D eigenvalue weighted by atomic mass is 10.1. The van der Waals surface area contributed by atoms with Gasteiger partial charge in [-0.1, -0.05) is 60.1 Å². The lowest BCUT2D eigenvalue weighted by molar-refractivity contribution is 0.0943. The van der Waals surface area contributed by atoms with E-state index in [1.54, 1.807) is 19.2 Å². The van der Waals surface area contributed by atoms with Gasteiger partial charge in [-0.2, -0.15) is 0 Å². The molecule has 0 aromatic heterocycles. The van der Waals surface area contributed by atoms with Gasteiger partial charge in [0.25, 0.3) is 5.91 Å². The minimum Gasteiger partial charge on any atom is -0.496 e. The summed E-state index contributed by atoms with van der Waals surface area (Å²) in [6, 6.07) is 23.1. The fourth-order valence-corrected chi connectivity index (χ4v) is 4.03. The van der Waals surface area contributed by atoms with Crippen LogP contribution in [0.3, 0.4) is 0 Å². The zero-order valence-corrected chi connectivity index (χ0v) is 18.1. The summed E-state index contributed by atoms with van der Waals surface area (Å²) in [5, 5.41) is 3.43. The first-order valence-corrected chi connectivity index (χ1v) is 10.7. The molecule has 1 heterocycles. The molecule has 5 nitrogen and oxygen atoms in total. The van der Waals surface area contributed by atoms with Crippen LogP contribution in [0.15, 0.2) is 72.8 Å². The molecule has 4 rings (SSSR count). The summed E-state index contributed by atoms with van der Waals surface area (Å²) in [5.41, 5.74) is 2.62. The standard InChI is InChI=1S/C25H25ClN2O3/c1-30-23-13-7-4-10-20(23)24-17-28(16-18-8-2-6-12-22(18)31-24)15-14-27-25(29)19-9-3-5-11-21(19)26/h2-13,24H,14-17H2,1H3,(H,27,29). The molecule has 160 valence electrons. The number of para-hydroxylation sites is 2. The first kappa shape index (κ1) is 21.2. The van der Waals surface area contributed by atoms with Crippen molar-refractivity contribution in [2.75, 3.05) is 26.7 Å². The minimum absolute atomic E-state index is 0.168. The molecule has 31 heavy (non-hydrogen) atoms. The van der Waals surface area contributed by atoms with Gasteiger partial charge in [-0.05, 0) is 24.3 Å². The van der Waals surface area contributed by atoms with Crippen LogP contribution in [0.4, 0.5) is 0 Å². The topological polar surface area (TPSA) is 50.8 Å². The lowest BCUT2D eigenvalue weighted by Gasteiger charge is -2.25. The van der Waals surface area contributed by atoms with Gasteiger partial charge in [0.05, 0.1) is 17.7 Å². The monoisotopic (exact) mass is 436 g/mol. The second-order valence-corrected chi connectivity index (χ2v) is 7.83. The Morgan fingerprint density at radius 2 is 1.84 bits per heavy atom. The number of rotatable bonds is 6. The summed E-state index contributed by atoms with van der Waals surface area (Å²) in [5.74, 6) is 1.51. The summed E-state index contributed by atoms with van der Waals surface area (Å²) in [6.07, 6.45) is -0.181. The number of carbonyl (C=O) groups is 1. The number of methoxy groups -OCH3 is 1. The van der Waals surface area contributed by atoms with Gasteiger partial charge in [-0.3, -0.25) is 9.69 Å². The normalized spacial score (nSPS) is 16.0. The van der Waals surface area contributed by atoms with Gasteiger partial charge in [0.1, 0.15) is 17.6 Å². The first-order chi connectivity index (χ1) is 15.2. The highest BCUT2D eigenvalue weighted by Crippen LogP contribution is 2.34. The number of benzene rings is 3. The van der Waals surface area contributed by atoms with Crippen molar-refractivity contribution in [3.05, 3.63) is 94.5 Å². The number of nitrogens with zero attached hydrogens (tertiary/aromatic N) is 1. The summed E-state index contributed by atoms with van der Waals surface area (Å²) in [7, 11) is 1.67. The van der Waals surface area contributed by atoms with Gasteiger partial charge in [-0.25, -0.2) is 0 Å². The number of nitrogens with one attached hydrogen (secondary N) is 1. The molecule has 1 aliphatic heterocycles. The number of fused-ring (bicyclic) bond motifs is 1. The smallest absolute Gasteiger partial charge is 0.252 e. The van der Waals surface area contributed by atoms with Crippen LogP contribution in [-0.2, 0) is 6.54 Å². The van der Waals surface area contributed by atoms with Gasteiger partial charge in [0.2, 0.25) is 0 Å². The Hall–Kier alpha value is -3.02. The SMILES string of the molecule is COc1ccccc1C1CN(CCNC(=O)c2ccccc2Cl)Cc2ccccc2O1. The van der Waals surface area contributed by atoms with E-state index in [1.807, 2.05) is 54.6 Å². The van der Waals surface area contributed by atoms with Crippen LogP contribution in [0, 0.1) is 0 Å². The third kappa shape index (κ3) is 5.01. The molecule has 0 fully saturated rings. The highest BCUT2D eigenvalue weighted by atomic mass is 35.5. The molecule has 0 aliphatic carbocycles. The van der Waals surface area contributed by atoms with Gasteiger partial charge < -0.3 is 14.8 Å². The second kappa shape index (κ2) is 9.86. The van der Waals surface area contributed by atoms with Crippen LogP contribution >= 0.6 is 11.6 Å². The Morgan fingerprint density at radius 1 is 1.10 bits per heavy atom. The van der Waals surface area contributed by atoms with Crippen LogP contribution in [0.25, 0.3) is 0 Å². The largest absolute Gasteiger partial charge is 0.496 e. The van der Waals surface area contributed by atoms with Crippen LogP contribution in [0.1, 0.15) is 27.6 Å². The number of amides is 1. The fraction of sp³-hybridized carbons (Fsp3) is 0.240. The molecule has 1 aliphatic rings. The fourth-order valence-electron chi connectivity index (χ4n) is 3.81. The van der Waals surface area contributed by atoms with Crippen molar-refractivity contribution in [2.45, 2.75) is 12.6 Å². The molecule has 0 spiro atoms. The minimum atomic E-state index is -0.181. The molecule has 0 saturated carbocycles. The highest BCUT2D eigenvalue weighted by molar-refractivity contribution is 6.33. The molecule has 6 heteroatoms. The second-order valence-electron chi connectivity index (χ2n) is 7.43. The first-order valence-electron chi connectivity index (χ1n) is 10.3. The summed E-state index contributed by atoms with van der Waals surface area (Å²) in [4.78, 5) is 14.8. The molecule has 1 N–H and O–H groups in total. The maximum Gasteiger partial charge on any atom is 0.252 e. The number of carbonyl (C=O) groups excluding carboxylic acids is 1. The van der Waals surface area contributed by atoms with Crippen LogP contribution in [0.5, 0.6) is 11.5 Å². The molecule has 3 aromatic carbocycles. The zero-order chi connectivity index (χ0) is 21.6. The van der Waals surface area contributed by atoms with Gasteiger partial charge in [0.15, 0.2) is 0 Å². The Balaban J connectivity index is 1.49. The molecule has 1 unspecified atom stereocenters. The number of hydrogen-bond donors (Lipinski definition) is 1. The van der Waals surface area contributed by atoms with Crippen LogP contribution < -0.4 is 14.8 Å². The molecular formula is C25H25ClN2O3. The van der Waals surface area contributed by atoms with Gasteiger partial charge in [-0.15, -0.1) is 0 Å². The Labute approximate surface area is 187 Å². The quantitative estimate of drug-likeness (QED) is 0.607. The van der Waals surface area contributed by atoms with Crippen LogP contribution in [0.2, 0.25) is 5.02 Å². The van der Waals surface area contributed by atoms with E-state index in [9.17, 15) is 4.79 Å². The van der Waals surface area contributed by atoms with E-state index in [-0.39, 0.29) is 12.0 Å². The van der Waals surface area contributed by atoms with E-state index in [4.69, 9.17) is 21.1 Å². The van der Waals surface area contributed by atoms with E-state index >= 15 is 0 Å². The maximum atomic E-state index is 12.5. The van der Waals surface area contributed by atoms with E-state index < -0.39 is 0 Å². The van der Waals surface area contributed by atoms with E-state index in [0.29, 0.717) is 30.2 Å². The van der Waals surface area contributed by atoms with Crippen molar-refractivity contribution < 1.29 is 14.3 Å². The molecule has 0 saturated heterocycles. The maximum absolute atomic E-state index is 12.5. The molecule has 1 atom stereocenters. The van der Waals surface area contributed by atoms with E-state index in [0.717, 1.165) is 29.2 Å².